The highest BCUT2D eigenvalue weighted by Gasteiger charge is 2.21. The molecule has 1 aromatic carbocycles. The summed E-state index contributed by atoms with van der Waals surface area (Å²) in [6.07, 6.45) is 11.7. The molecule has 0 unspecified atom stereocenters. The van der Waals surface area contributed by atoms with Crippen LogP contribution in [0, 0.1) is 0 Å². The van der Waals surface area contributed by atoms with Gasteiger partial charge >= 0.3 is 0 Å². The summed E-state index contributed by atoms with van der Waals surface area (Å²) in [5.41, 5.74) is 3.42. The first-order chi connectivity index (χ1) is 17.0. The second-order valence-electron chi connectivity index (χ2n) is 9.10. The minimum absolute atomic E-state index is 0.717. The fourth-order valence-corrected chi connectivity index (χ4v) is 4.42. The van der Waals surface area contributed by atoms with Gasteiger partial charge in [-0.25, -0.2) is 15.0 Å². The van der Waals surface area contributed by atoms with Crippen molar-refractivity contribution in [2.45, 2.75) is 18.9 Å². The van der Waals surface area contributed by atoms with E-state index >= 15 is 0 Å². The number of rotatable bonds is 5. The van der Waals surface area contributed by atoms with E-state index in [2.05, 4.69) is 81.1 Å². The van der Waals surface area contributed by atoms with E-state index in [1.54, 1.807) is 0 Å². The van der Waals surface area contributed by atoms with Gasteiger partial charge in [-0.1, -0.05) is 24.8 Å². The normalized spacial score (nSPS) is 14.0. The van der Waals surface area contributed by atoms with Crippen LogP contribution in [0.25, 0.3) is 28.1 Å². The van der Waals surface area contributed by atoms with Crippen LogP contribution in [-0.4, -0.2) is 64.7 Å². The summed E-state index contributed by atoms with van der Waals surface area (Å²) in [5, 5.41) is 5.37. The summed E-state index contributed by atoms with van der Waals surface area (Å²) in [4.78, 5) is 17.6. The number of hydrogen-bond donors (Lipinski definition) is 1. The number of anilines is 2. The molecule has 0 radical (unpaired) electrons. The molecular formula is C28H35N7. The van der Waals surface area contributed by atoms with Crippen molar-refractivity contribution in [3.8, 4) is 11.3 Å². The Morgan fingerprint density at radius 3 is 2.49 bits per heavy atom. The molecule has 7 nitrogen and oxygen atoms in total. The van der Waals surface area contributed by atoms with Gasteiger partial charge in [0.15, 0.2) is 0 Å². The highest BCUT2D eigenvalue weighted by molar-refractivity contribution is 5.88. The van der Waals surface area contributed by atoms with Crippen LogP contribution in [0.1, 0.15) is 18.4 Å². The van der Waals surface area contributed by atoms with Crippen LogP contribution in [0.15, 0.2) is 67.9 Å². The number of hydrogen-bond acceptors (Lipinski definition) is 6. The maximum absolute atomic E-state index is 4.45. The summed E-state index contributed by atoms with van der Waals surface area (Å²) < 4.78 is 2.02. The van der Waals surface area contributed by atoms with Gasteiger partial charge in [0.25, 0.3) is 0 Å². The Hall–Kier alpha value is -3.71. The minimum Gasteiger partial charge on any atom is -0.373 e. The van der Waals surface area contributed by atoms with Gasteiger partial charge in [0.2, 0.25) is 0 Å². The molecule has 1 aliphatic rings. The van der Waals surface area contributed by atoms with E-state index in [-0.39, 0.29) is 0 Å². The first kappa shape index (κ1) is 24.4. The van der Waals surface area contributed by atoms with Crippen molar-refractivity contribution in [2.24, 2.45) is 7.05 Å². The van der Waals surface area contributed by atoms with Crippen molar-refractivity contribution >= 4 is 28.5 Å². The number of imidazole rings is 1. The molecule has 1 aliphatic heterocycles. The zero-order chi connectivity index (χ0) is 24.8. The lowest BCUT2D eigenvalue weighted by molar-refractivity contribution is 0.249. The van der Waals surface area contributed by atoms with Gasteiger partial charge in [-0.05, 0) is 62.2 Å². The SMILES string of the molecule is C=Cc1ccnc(N2CCC(N(C)C)CC2)c1.CNc1cc2cc(-c3cncn3C)ccc2cn1. The lowest BCUT2D eigenvalue weighted by atomic mass is 10.0. The second kappa shape index (κ2) is 11.1. The van der Waals surface area contributed by atoms with Gasteiger partial charge < -0.3 is 19.7 Å². The fourth-order valence-electron chi connectivity index (χ4n) is 4.42. The van der Waals surface area contributed by atoms with Gasteiger partial charge in [0.05, 0.1) is 18.2 Å². The van der Waals surface area contributed by atoms with E-state index in [1.807, 2.05) is 55.7 Å². The molecule has 0 atom stereocenters. The maximum Gasteiger partial charge on any atom is 0.129 e. The Bertz CT molecular complexity index is 1270. The Morgan fingerprint density at radius 2 is 1.83 bits per heavy atom. The number of aryl methyl sites for hydroxylation is 1. The van der Waals surface area contributed by atoms with Crippen LogP contribution in [0.2, 0.25) is 0 Å². The number of fused-ring (bicyclic) bond motifs is 1. The molecule has 3 aromatic heterocycles. The van der Waals surface area contributed by atoms with Crippen molar-refractivity contribution < 1.29 is 0 Å². The molecule has 1 fully saturated rings. The monoisotopic (exact) mass is 469 g/mol. The van der Waals surface area contributed by atoms with E-state index in [4.69, 9.17) is 0 Å². The lowest BCUT2D eigenvalue weighted by Gasteiger charge is -2.35. The third-order valence-corrected chi connectivity index (χ3v) is 6.61. The number of pyridine rings is 2. The van der Waals surface area contributed by atoms with Crippen molar-refractivity contribution in [2.75, 3.05) is 44.4 Å². The van der Waals surface area contributed by atoms with E-state index in [9.17, 15) is 0 Å². The fraction of sp³-hybridized carbons (Fsp3) is 0.321. The highest BCUT2D eigenvalue weighted by Crippen LogP contribution is 2.25. The molecule has 0 amide bonds. The lowest BCUT2D eigenvalue weighted by Crippen LogP contribution is -2.42. The number of piperidine rings is 1. The van der Waals surface area contributed by atoms with Crippen LogP contribution in [0.5, 0.6) is 0 Å². The Labute approximate surface area is 208 Å². The zero-order valence-corrected chi connectivity index (χ0v) is 21.1. The van der Waals surface area contributed by atoms with Crippen LogP contribution < -0.4 is 10.2 Å². The predicted octanol–water partition coefficient (Wildman–Crippen LogP) is 4.93. The average molecular weight is 470 g/mol. The van der Waals surface area contributed by atoms with Crippen LogP contribution >= 0.6 is 0 Å². The van der Waals surface area contributed by atoms with Gasteiger partial charge in [-0.2, -0.15) is 0 Å². The van der Waals surface area contributed by atoms with Crippen LogP contribution in [0.4, 0.5) is 11.6 Å². The number of benzene rings is 1. The molecule has 0 bridgehead atoms. The molecular weight excluding hydrogens is 434 g/mol. The van der Waals surface area contributed by atoms with Gasteiger partial charge in [-0.3, -0.25) is 0 Å². The zero-order valence-electron chi connectivity index (χ0n) is 21.1. The molecule has 35 heavy (non-hydrogen) atoms. The Morgan fingerprint density at radius 1 is 1.03 bits per heavy atom. The smallest absolute Gasteiger partial charge is 0.129 e. The summed E-state index contributed by atoms with van der Waals surface area (Å²) in [6.45, 7) is 5.99. The Balaban J connectivity index is 0.000000165. The molecule has 4 heterocycles. The van der Waals surface area contributed by atoms with Crippen LogP contribution in [-0.2, 0) is 7.05 Å². The molecule has 182 valence electrons. The molecule has 0 aliphatic carbocycles. The summed E-state index contributed by atoms with van der Waals surface area (Å²) in [6, 6.07) is 13.2. The molecule has 0 spiro atoms. The predicted molar refractivity (Wildman–Crippen MR) is 147 cm³/mol. The molecule has 5 rings (SSSR count). The van der Waals surface area contributed by atoms with E-state index < -0.39 is 0 Å². The topological polar surface area (TPSA) is 62.1 Å². The summed E-state index contributed by atoms with van der Waals surface area (Å²) >= 11 is 0. The molecule has 7 heteroatoms. The van der Waals surface area contributed by atoms with Crippen molar-refractivity contribution in [3.05, 3.63) is 73.5 Å². The largest absolute Gasteiger partial charge is 0.373 e. The highest BCUT2D eigenvalue weighted by atomic mass is 15.2. The third kappa shape index (κ3) is 5.87. The minimum atomic E-state index is 0.717. The van der Waals surface area contributed by atoms with E-state index in [0.717, 1.165) is 46.9 Å². The number of aromatic nitrogens is 4. The second-order valence-corrected chi connectivity index (χ2v) is 9.10. The number of nitrogens with one attached hydrogen (secondary N) is 1. The maximum atomic E-state index is 4.45. The first-order valence-corrected chi connectivity index (χ1v) is 12.0. The van der Waals surface area contributed by atoms with Gasteiger partial charge in [0, 0.05) is 56.6 Å². The molecule has 1 N–H and O–H groups in total. The van der Waals surface area contributed by atoms with Gasteiger partial charge in [-0.15, -0.1) is 0 Å². The van der Waals surface area contributed by atoms with Crippen molar-refractivity contribution in [3.63, 3.8) is 0 Å². The van der Waals surface area contributed by atoms with Crippen molar-refractivity contribution in [1.82, 2.24) is 24.4 Å². The summed E-state index contributed by atoms with van der Waals surface area (Å²) in [7, 11) is 8.20. The average Bonchev–Trinajstić information content (AvgIpc) is 3.34. The van der Waals surface area contributed by atoms with Gasteiger partial charge in [0.1, 0.15) is 11.6 Å². The first-order valence-electron chi connectivity index (χ1n) is 12.0. The van der Waals surface area contributed by atoms with Crippen LogP contribution in [0.3, 0.4) is 0 Å². The standard InChI is InChI=1S/C14H14N4.C14H21N3/c1-15-14-6-12-5-10(3-4-11(12)7-17-14)13-8-16-9-18(13)2;1-4-12-5-8-15-14(11-12)17-9-6-13(7-10-17)16(2)3/h3-9H,1-2H3,(H,15,17);4-5,8,11,13H,1,6-7,9-10H2,2-3H3. The van der Waals surface area contributed by atoms with E-state index in [0.29, 0.717) is 6.04 Å². The molecule has 0 saturated carbocycles. The molecule has 1 saturated heterocycles. The molecule has 4 aromatic rings. The Kier molecular flexibility index (Phi) is 7.77. The number of nitrogens with zero attached hydrogens (tertiary/aromatic N) is 6. The van der Waals surface area contributed by atoms with Crippen molar-refractivity contribution in [1.29, 1.82) is 0 Å². The van der Waals surface area contributed by atoms with E-state index in [1.165, 1.54) is 18.2 Å². The third-order valence-electron chi connectivity index (χ3n) is 6.61. The quantitative estimate of drug-likeness (QED) is 0.447. The summed E-state index contributed by atoms with van der Waals surface area (Å²) in [5.74, 6) is 1.96.